The molecule has 9 nitrogen and oxygen atoms in total. The second-order valence-electron chi connectivity index (χ2n) is 10.4. The van der Waals surface area contributed by atoms with Crippen molar-refractivity contribution in [3.05, 3.63) is 112 Å². The third-order valence-corrected chi connectivity index (χ3v) is 8.01. The fourth-order valence-electron chi connectivity index (χ4n) is 5.83. The maximum absolute atomic E-state index is 13.0. The molecule has 2 N–H and O–H groups in total. The second-order valence-corrected chi connectivity index (χ2v) is 10.4. The molecule has 1 aromatic heterocycles. The molecule has 1 atom stereocenters. The second kappa shape index (κ2) is 10.9. The van der Waals surface area contributed by atoms with Gasteiger partial charge >= 0.3 is 0 Å². The van der Waals surface area contributed by atoms with E-state index in [2.05, 4.69) is 37.7 Å². The average molecular weight is 547 g/mol. The van der Waals surface area contributed by atoms with E-state index in [-0.39, 0.29) is 17.9 Å². The monoisotopic (exact) mass is 546 g/mol. The highest BCUT2D eigenvalue weighted by molar-refractivity contribution is 6.07. The third kappa shape index (κ3) is 4.94. The molecule has 3 heterocycles. The first-order valence-corrected chi connectivity index (χ1v) is 13.7. The van der Waals surface area contributed by atoms with Gasteiger partial charge in [0.25, 0.3) is 11.8 Å². The van der Waals surface area contributed by atoms with Gasteiger partial charge in [-0.3, -0.25) is 14.5 Å². The summed E-state index contributed by atoms with van der Waals surface area (Å²) >= 11 is 0. The number of fused-ring (bicyclic) bond motifs is 2. The lowest BCUT2D eigenvalue weighted by Gasteiger charge is -2.41. The van der Waals surface area contributed by atoms with Crippen molar-refractivity contribution in [1.82, 2.24) is 15.4 Å². The zero-order valence-corrected chi connectivity index (χ0v) is 23.0. The minimum Gasteiger partial charge on any atom is -0.368 e. The fourth-order valence-corrected chi connectivity index (χ4v) is 5.83. The summed E-state index contributed by atoms with van der Waals surface area (Å²) in [4.78, 5) is 30.5. The number of carbonyl (C=O) groups is 2. The van der Waals surface area contributed by atoms with Gasteiger partial charge in [-0.2, -0.15) is 5.26 Å². The number of nitriles is 1. The van der Waals surface area contributed by atoms with Gasteiger partial charge in [0.05, 0.1) is 23.0 Å². The largest absolute Gasteiger partial charge is 0.368 e. The van der Waals surface area contributed by atoms with Crippen molar-refractivity contribution in [3.63, 3.8) is 0 Å². The van der Waals surface area contributed by atoms with Gasteiger partial charge in [0, 0.05) is 55.1 Å². The normalized spacial score (nSPS) is 16.7. The smallest absolute Gasteiger partial charge is 0.256 e. The number of piperazine rings is 1. The number of nitrogens with zero attached hydrogens (tertiary/aromatic N) is 4. The SMILES string of the molecule is Cc1noc(C)c1CNC(=O)c1ccc(N2CCN(C3c4ccccc4NC(=O)c4ccccc43)CC2)c(C#N)c1. The number of nitrogens with one attached hydrogen (secondary N) is 2. The van der Waals surface area contributed by atoms with E-state index in [0.717, 1.165) is 46.8 Å². The molecule has 0 radical (unpaired) electrons. The zero-order valence-electron chi connectivity index (χ0n) is 23.0. The molecule has 2 aliphatic rings. The quantitative estimate of drug-likeness (QED) is 0.377. The molecule has 9 heteroatoms. The molecule has 6 rings (SSSR count). The standard InChI is InChI=1S/C32H30N6O3/c1-20-27(21(2)41-36-20)19-34-31(39)22-11-12-29(23(17-22)18-33)37-13-15-38(16-14-37)30-24-7-3-4-8-25(24)32(40)35-28-10-6-5-9-26(28)30/h3-12,17,30H,13-16,19H2,1-2H3,(H,34,39)(H,35,40). The van der Waals surface area contributed by atoms with Crippen molar-refractivity contribution in [1.29, 1.82) is 5.26 Å². The topological polar surface area (TPSA) is 114 Å². The van der Waals surface area contributed by atoms with Crippen LogP contribution in [0.15, 0.2) is 71.3 Å². The molecule has 206 valence electrons. The number of aryl methyl sites for hydroxylation is 2. The van der Waals surface area contributed by atoms with E-state index >= 15 is 0 Å². The lowest BCUT2D eigenvalue weighted by molar-refractivity contribution is 0.0950. The van der Waals surface area contributed by atoms with Crippen LogP contribution in [-0.2, 0) is 6.54 Å². The van der Waals surface area contributed by atoms with Crippen LogP contribution in [0.25, 0.3) is 0 Å². The Bertz CT molecular complexity index is 1660. The summed E-state index contributed by atoms with van der Waals surface area (Å²) in [6.45, 7) is 6.85. The zero-order chi connectivity index (χ0) is 28.5. The number of amides is 2. The third-order valence-electron chi connectivity index (χ3n) is 8.01. The van der Waals surface area contributed by atoms with Gasteiger partial charge in [-0.25, -0.2) is 0 Å². The maximum atomic E-state index is 13.0. The summed E-state index contributed by atoms with van der Waals surface area (Å²) in [6.07, 6.45) is 0. The van der Waals surface area contributed by atoms with Gasteiger partial charge in [-0.15, -0.1) is 0 Å². The van der Waals surface area contributed by atoms with E-state index in [1.807, 2.05) is 62.4 Å². The number of hydrogen-bond donors (Lipinski definition) is 2. The molecule has 2 amide bonds. The molecule has 0 saturated carbocycles. The van der Waals surface area contributed by atoms with E-state index in [4.69, 9.17) is 4.52 Å². The summed E-state index contributed by atoms with van der Waals surface area (Å²) in [5, 5.41) is 19.9. The van der Waals surface area contributed by atoms with Crippen LogP contribution in [0, 0.1) is 25.2 Å². The van der Waals surface area contributed by atoms with Gasteiger partial charge in [0.2, 0.25) is 0 Å². The Hall–Kier alpha value is -4.94. The van der Waals surface area contributed by atoms with Crippen molar-refractivity contribution >= 4 is 23.2 Å². The Labute approximate surface area is 238 Å². The van der Waals surface area contributed by atoms with Crippen LogP contribution in [-0.4, -0.2) is 48.0 Å². The summed E-state index contributed by atoms with van der Waals surface area (Å²) < 4.78 is 5.17. The van der Waals surface area contributed by atoms with E-state index in [0.29, 0.717) is 42.1 Å². The Morgan fingerprint density at radius 1 is 1.05 bits per heavy atom. The van der Waals surface area contributed by atoms with Gasteiger partial charge in [-0.1, -0.05) is 41.6 Å². The summed E-state index contributed by atoms with van der Waals surface area (Å²) in [5.41, 5.74) is 6.89. The number of para-hydroxylation sites is 1. The van der Waals surface area contributed by atoms with E-state index < -0.39 is 0 Å². The van der Waals surface area contributed by atoms with Crippen molar-refractivity contribution in [2.75, 3.05) is 36.4 Å². The highest BCUT2D eigenvalue weighted by Crippen LogP contribution is 2.39. The van der Waals surface area contributed by atoms with E-state index in [9.17, 15) is 14.9 Å². The molecule has 1 unspecified atom stereocenters. The number of aromatic nitrogens is 1. The van der Waals surface area contributed by atoms with Gasteiger partial charge in [0.15, 0.2) is 0 Å². The lowest BCUT2D eigenvalue weighted by atomic mass is 9.93. The number of benzene rings is 3. The molecule has 0 aliphatic carbocycles. The predicted molar refractivity (Wildman–Crippen MR) is 155 cm³/mol. The van der Waals surface area contributed by atoms with Crippen LogP contribution in [0.3, 0.4) is 0 Å². The first-order chi connectivity index (χ1) is 19.9. The van der Waals surface area contributed by atoms with Gasteiger partial charge in [0.1, 0.15) is 11.8 Å². The first kappa shape index (κ1) is 26.3. The molecule has 41 heavy (non-hydrogen) atoms. The van der Waals surface area contributed by atoms with E-state index in [1.54, 1.807) is 12.1 Å². The number of carbonyl (C=O) groups excluding carboxylic acids is 2. The first-order valence-electron chi connectivity index (χ1n) is 13.7. The number of rotatable bonds is 5. The van der Waals surface area contributed by atoms with Gasteiger partial charge < -0.3 is 20.1 Å². The van der Waals surface area contributed by atoms with Crippen LogP contribution in [0.1, 0.15) is 60.5 Å². The lowest BCUT2D eigenvalue weighted by Crippen LogP contribution is -2.48. The highest BCUT2D eigenvalue weighted by Gasteiger charge is 2.33. The van der Waals surface area contributed by atoms with Crippen molar-refractivity contribution in [2.24, 2.45) is 0 Å². The molecule has 1 saturated heterocycles. The summed E-state index contributed by atoms with van der Waals surface area (Å²) in [7, 11) is 0. The minimum atomic E-state index is -0.258. The molecule has 0 spiro atoms. The predicted octanol–water partition coefficient (Wildman–Crippen LogP) is 4.57. The van der Waals surface area contributed by atoms with Crippen molar-refractivity contribution in [2.45, 2.75) is 26.4 Å². The van der Waals surface area contributed by atoms with Crippen LogP contribution >= 0.6 is 0 Å². The molecule has 1 fully saturated rings. The van der Waals surface area contributed by atoms with Crippen LogP contribution in [0.4, 0.5) is 11.4 Å². The highest BCUT2D eigenvalue weighted by atomic mass is 16.5. The molecule has 2 aliphatic heterocycles. The summed E-state index contributed by atoms with van der Waals surface area (Å²) in [6, 6.07) is 23.3. The summed E-state index contributed by atoms with van der Waals surface area (Å²) in [5.74, 6) is 0.323. The Kier molecular flexibility index (Phi) is 7.00. The maximum Gasteiger partial charge on any atom is 0.256 e. The Morgan fingerprint density at radius 3 is 2.51 bits per heavy atom. The number of hydrogen-bond acceptors (Lipinski definition) is 7. The molecule has 3 aromatic carbocycles. The number of anilines is 2. The van der Waals surface area contributed by atoms with Crippen LogP contribution < -0.4 is 15.5 Å². The Morgan fingerprint density at radius 2 is 1.78 bits per heavy atom. The van der Waals surface area contributed by atoms with Crippen LogP contribution in [0.5, 0.6) is 0 Å². The molecular weight excluding hydrogens is 516 g/mol. The Balaban J connectivity index is 1.19. The fraction of sp³-hybridized carbons (Fsp3) is 0.250. The van der Waals surface area contributed by atoms with Crippen molar-refractivity contribution in [3.8, 4) is 6.07 Å². The molecule has 4 aromatic rings. The average Bonchev–Trinajstić information content (AvgIpc) is 3.26. The van der Waals surface area contributed by atoms with Gasteiger partial charge in [-0.05, 0) is 55.3 Å². The molecular formula is C32H30N6O3. The van der Waals surface area contributed by atoms with Crippen molar-refractivity contribution < 1.29 is 14.1 Å². The van der Waals surface area contributed by atoms with Crippen LogP contribution in [0.2, 0.25) is 0 Å². The minimum absolute atomic E-state index is 0.0669. The van der Waals surface area contributed by atoms with E-state index in [1.165, 1.54) is 0 Å². The molecule has 0 bridgehead atoms.